The van der Waals surface area contributed by atoms with Gasteiger partial charge in [-0.25, -0.2) is 4.79 Å². The van der Waals surface area contributed by atoms with Crippen molar-refractivity contribution in [3.63, 3.8) is 0 Å². The molecule has 3 aromatic rings. The third-order valence-corrected chi connectivity index (χ3v) is 5.89. The van der Waals surface area contributed by atoms with Crippen molar-refractivity contribution in [2.24, 2.45) is 10.6 Å². The molecule has 0 N–H and O–H groups in total. The van der Waals surface area contributed by atoms with Crippen molar-refractivity contribution in [2.75, 3.05) is 0 Å². The fourth-order valence-electron chi connectivity index (χ4n) is 3.98. The Hall–Kier alpha value is -2.56. The van der Waals surface area contributed by atoms with Crippen LogP contribution in [0, 0.1) is 12.3 Å². The van der Waals surface area contributed by atoms with Gasteiger partial charge in [-0.05, 0) is 67.6 Å². The van der Waals surface area contributed by atoms with Crippen LogP contribution >= 0.6 is 23.2 Å². The van der Waals surface area contributed by atoms with Crippen LogP contribution < -0.4 is 0 Å². The molecule has 30 heavy (non-hydrogen) atoms. The lowest BCUT2D eigenvalue weighted by Gasteiger charge is -2.31. The van der Waals surface area contributed by atoms with Crippen molar-refractivity contribution < 1.29 is 9.63 Å². The Morgan fingerprint density at radius 1 is 1.07 bits per heavy atom. The Morgan fingerprint density at radius 2 is 1.77 bits per heavy atom. The Labute approximate surface area is 186 Å². The van der Waals surface area contributed by atoms with Gasteiger partial charge in [-0.3, -0.25) is 0 Å². The minimum absolute atomic E-state index is 0.0302. The number of nitrogens with zero attached hydrogens (tertiary/aromatic N) is 2. The van der Waals surface area contributed by atoms with E-state index in [-0.39, 0.29) is 5.41 Å². The molecule has 0 bridgehead atoms. The molecule has 6 heteroatoms. The fraction of sp³-hybridized carbons (Fsp3) is 0.250. The number of carbonyl (C=O) groups is 1. The zero-order valence-electron chi connectivity index (χ0n) is 17.1. The number of hydrogen-bond acceptors (Lipinski definition) is 3. The van der Waals surface area contributed by atoms with Crippen LogP contribution in [-0.2, 0) is 11.3 Å². The molecule has 4 rings (SSSR count). The molecule has 0 saturated heterocycles. The zero-order valence-corrected chi connectivity index (χ0v) is 18.6. The van der Waals surface area contributed by atoms with Gasteiger partial charge in [0.2, 0.25) is 0 Å². The SMILES string of the molecule is Cc1cc2c(n1-c1ccc(Cl)cc1)CC(C)(C)C/C2=N\OC(=O)c1ccccc1Cl. The summed E-state index contributed by atoms with van der Waals surface area (Å²) in [5.74, 6) is -0.563. The van der Waals surface area contributed by atoms with Gasteiger partial charge >= 0.3 is 5.97 Å². The number of benzene rings is 2. The van der Waals surface area contributed by atoms with Crippen LogP contribution in [0.5, 0.6) is 0 Å². The van der Waals surface area contributed by atoms with Gasteiger partial charge in [-0.15, -0.1) is 0 Å². The third-order valence-electron chi connectivity index (χ3n) is 5.31. The maximum Gasteiger partial charge on any atom is 0.367 e. The first-order chi connectivity index (χ1) is 14.2. The van der Waals surface area contributed by atoms with Gasteiger partial charge in [0.1, 0.15) is 0 Å². The van der Waals surface area contributed by atoms with Crippen LogP contribution in [-0.4, -0.2) is 16.2 Å². The van der Waals surface area contributed by atoms with E-state index in [2.05, 4.69) is 36.6 Å². The average Bonchev–Trinajstić information content (AvgIpc) is 3.01. The first-order valence-corrected chi connectivity index (χ1v) is 10.5. The maximum absolute atomic E-state index is 12.5. The number of oxime groups is 1. The highest BCUT2D eigenvalue weighted by molar-refractivity contribution is 6.33. The molecule has 0 aliphatic heterocycles. The Morgan fingerprint density at radius 3 is 2.47 bits per heavy atom. The third kappa shape index (κ3) is 4.03. The number of carbonyl (C=O) groups excluding carboxylic acids is 1. The summed E-state index contributed by atoms with van der Waals surface area (Å²) in [4.78, 5) is 17.8. The molecule has 1 aliphatic carbocycles. The van der Waals surface area contributed by atoms with E-state index in [1.807, 2.05) is 24.3 Å². The van der Waals surface area contributed by atoms with E-state index in [1.54, 1.807) is 24.3 Å². The smallest absolute Gasteiger partial charge is 0.318 e. The zero-order chi connectivity index (χ0) is 21.5. The lowest BCUT2D eigenvalue weighted by atomic mass is 9.76. The van der Waals surface area contributed by atoms with Gasteiger partial charge in [-0.2, -0.15) is 0 Å². The van der Waals surface area contributed by atoms with Crippen molar-refractivity contribution in [3.8, 4) is 5.69 Å². The molecule has 0 amide bonds. The molecule has 1 aliphatic rings. The largest absolute Gasteiger partial charge is 0.367 e. The monoisotopic (exact) mass is 440 g/mol. The highest BCUT2D eigenvalue weighted by atomic mass is 35.5. The number of aryl methyl sites for hydroxylation is 1. The molecule has 0 radical (unpaired) electrons. The van der Waals surface area contributed by atoms with Crippen molar-refractivity contribution in [2.45, 2.75) is 33.6 Å². The van der Waals surface area contributed by atoms with Crippen LogP contribution in [0.25, 0.3) is 5.69 Å². The summed E-state index contributed by atoms with van der Waals surface area (Å²) >= 11 is 12.2. The van der Waals surface area contributed by atoms with Gasteiger partial charge in [0.15, 0.2) is 0 Å². The van der Waals surface area contributed by atoms with E-state index in [0.717, 1.165) is 34.8 Å². The van der Waals surface area contributed by atoms with Crippen molar-refractivity contribution in [1.82, 2.24) is 4.57 Å². The number of rotatable bonds is 3. The molecule has 0 fully saturated rings. The molecule has 0 spiro atoms. The molecular formula is C24H22Cl2N2O2. The van der Waals surface area contributed by atoms with Crippen molar-refractivity contribution >= 4 is 34.9 Å². The predicted molar refractivity (Wildman–Crippen MR) is 121 cm³/mol. The van der Waals surface area contributed by atoms with Crippen LogP contribution in [0.3, 0.4) is 0 Å². The Balaban J connectivity index is 1.73. The summed E-state index contributed by atoms with van der Waals surface area (Å²) in [6, 6.07) is 16.7. The second kappa shape index (κ2) is 7.93. The Bertz CT molecular complexity index is 1140. The first-order valence-electron chi connectivity index (χ1n) is 9.75. The van der Waals surface area contributed by atoms with E-state index < -0.39 is 5.97 Å². The molecule has 0 atom stereocenters. The highest BCUT2D eigenvalue weighted by Gasteiger charge is 2.33. The van der Waals surface area contributed by atoms with Crippen LogP contribution in [0.2, 0.25) is 10.0 Å². The summed E-state index contributed by atoms with van der Waals surface area (Å²) in [6.45, 7) is 6.44. The van der Waals surface area contributed by atoms with E-state index in [4.69, 9.17) is 28.0 Å². The van der Waals surface area contributed by atoms with Crippen molar-refractivity contribution in [1.29, 1.82) is 0 Å². The van der Waals surface area contributed by atoms with Gasteiger partial charge in [0.25, 0.3) is 0 Å². The predicted octanol–water partition coefficient (Wildman–Crippen LogP) is 6.63. The first kappa shape index (κ1) is 20.7. The van der Waals surface area contributed by atoms with Crippen LogP contribution in [0.1, 0.15) is 47.6 Å². The van der Waals surface area contributed by atoms with E-state index in [9.17, 15) is 4.79 Å². The minimum atomic E-state index is -0.563. The quantitative estimate of drug-likeness (QED) is 0.338. The maximum atomic E-state index is 12.5. The van der Waals surface area contributed by atoms with E-state index in [0.29, 0.717) is 22.0 Å². The van der Waals surface area contributed by atoms with Crippen molar-refractivity contribution in [3.05, 3.63) is 87.2 Å². The van der Waals surface area contributed by atoms with Gasteiger partial charge in [0, 0.05) is 27.7 Å². The number of fused-ring (bicyclic) bond motifs is 1. The molecule has 4 nitrogen and oxygen atoms in total. The Kier molecular flexibility index (Phi) is 5.48. The molecule has 1 aromatic heterocycles. The lowest BCUT2D eigenvalue weighted by Crippen LogP contribution is -2.28. The lowest BCUT2D eigenvalue weighted by molar-refractivity contribution is 0.0514. The van der Waals surface area contributed by atoms with Crippen LogP contribution in [0.15, 0.2) is 59.8 Å². The summed E-state index contributed by atoms with van der Waals surface area (Å²) in [5.41, 5.74) is 5.32. The second-order valence-corrected chi connectivity index (χ2v) is 9.22. The molecular weight excluding hydrogens is 419 g/mol. The van der Waals surface area contributed by atoms with E-state index >= 15 is 0 Å². The molecule has 0 unspecified atom stereocenters. The standard InChI is InChI=1S/C24H22Cl2N2O2/c1-15-12-19-21(27-30-23(29)18-6-4-5-7-20(18)26)13-24(2,3)14-22(19)28(15)17-10-8-16(25)9-11-17/h4-12H,13-14H2,1-3H3/b27-21+. The average molecular weight is 441 g/mol. The molecule has 2 aromatic carbocycles. The van der Waals surface area contributed by atoms with Gasteiger partial charge < -0.3 is 9.40 Å². The number of hydrogen-bond donors (Lipinski definition) is 0. The van der Waals surface area contributed by atoms with Gasteiger partial charge in [-0.1, -0.05) is 54.3 Å². The summed E-state index contributed by atoms with van der Waals surface area (Å²) < 4.78 is 2.22. The highest BCUT2D eigenvalue weighted by Crippen LogP contribution is 2.38. The molecule has 1 heterocycles. The van der Waals surface area contributed by atoms with Crippen LogP contribution in [0.4, 0.5) is 0 Å². The number of halogens is 2. The summed E-state index contributed by atoms with van der Waals surface area (Å²) in [6.07, 6.45) is 1.59. The minimum Gasteiger partial charge on any atom is -0.318 e. The topological polar surface area (TPSA) is 43.6 Å². The normalized spacial score (nSPS) is 16.4. The van der Waals surface area contributed by atoms with E-state index in [1.165, 1.54) is 0 Å². The second-order valence-electron chi connectivity index (χ2n) is 8.37. The molecule has 154 valence electrons. The summed E-state index contributed by atoms with van der Waals surface area (Å²) in [7, 11) is 0. The summed E-state index contributed by atoms with van der Waals surface area (Å²) in [5, 5.41) is 5.32. The van der Waals surface area contributed by atoms with Gasteiger partial charge in [0.05, 0.1) is 16.3 Å². The fourth-order valence-corrected chi connectivity index (χ4v) is 4.32. The molecule has 0 saturated carbocycles. The number of aromatic nitrogens is 1.